The summed E-state index contributed by atoms with van der Waals surface area (Å²) in [5, 5.41) is 3.38. The van der Waals surface area contributed by atoms with E-state index in [4.69, 9.17) is 11.6 Å². The number of carbonyl (C=O) groups is 2. The maximum Gasteiger partial charge on any atom is 0.242 e. The molecule has 0 heterocycles. The smallest absolute Gasteiger partial charge is 0.242 e. The molecule has 0 aliphatic heterocycles. The number of benzene rings is 2. The fourth-order valence-corrected chi connectivity index (χ4v) is 4.01. The Kier molecular flexibility index (Phi) is 8.87. The Labute approximate surface area is 176 Å². The molecule has 0 fully saturated rings. The predicted octanol–water partition coefficient (Wildman–Crippen LogP) is 4.44. The van der Waals surface area contributed by atoms with Crippen LogP contribution in [0, 0.1) is 6.92 Å². The fraction of sp³-hybridized carbons (Fsp3) is 0.364. The minimum Gasteiger partial charge on any atom is -0.357 e. The normalized spacial score (nSPS) is 11.7. The Bertz CT molecular complexity index is 795. The van der Waals surface area contributed by atoms with Gasteiger partial charge >= 0.3 is 0 Å². The average molecular weight is 419 g/mol. The summed E-state index contributed by atoms with van der Waals surface area (Å²) in [7, 11) is 1.61. The molecular formula is C22H27ClN2O2S. The second-order valence-corrected chi connectivity index (χ2v) is 8.09. The number of hydrogen-bond acceptors (Lipinski definition) is 3. The van der Waals surface area contributed by atoms with Crippen molar-refractivity contribution in [3.05, 3.63) is 70.2 Å². The number of likely N-dealkylation sites (N-methyl/N-ethyl adjacent to an activating group) is 1. The molecule has 0 saturated carbocycles. The van der Waals surface area contributed by atoms with Crippen LogP contribution in [-0.2, 0) is 21.9 Å². The van der Waals surface area contributed by atoms with Crippen LogP contribution in [0.25, 0.3) is 0 Å². The topological polar surface area (TPSA) is 49.4 Å². The second kappa shape index (κ2) is 11.1. The molecule has 0 radical (unpaired) electrons. The highest BCUT2D eigenvalue weighted by atomic mass is 35.5. The Morgan fingerprint density at radius 1 is 1.14 bits per heavy atom. The fourth-order valence-electron chi connectivity index (χ4n) is 3.01. The number of nitrogens with one attached hydrogen (secondary N) is 1. The molecule has 0 aromatic heterocycles. The van der Waals surface area contributed by atoms with Crippen LogP contribution in [-0.4, -0.2) is 35.6 Å². The van der Waals surface area contributed by atoms with Gasteiger partial charge in [0.05, 0.1) is 5.75 Å². The van der Waals surface area contributed by atoms with Crippen LogP contribution in [0.15, 0.2) is 48.5 Å². The van der Waals surface area contributed by atoms with E-state index in [-0.39, 0.29) is 11.8 Å². The first-order valence-corrected chi connectivity index (χ1v) is 10.9. The van der Waals surface area contributed by atoms with Crippen molar-refractivity contribution in [2.45, 2.75) is 38.6 Å². The Morgan fingerprint density at radius 2 is 1.86 bits per heavy atom. The number of hydrogen-bond donors (Lipinski definition) is 1. The van der Waals surface area contributed by atoms with Gasteiger partial charge in [-0.15, -0.1) is 11.8 Å². The van der Waals surface area contributed by atoms with Crippen molar-refractivity contribution in [3.8, 4) is 0 Å². The van der Waals surface area contributed by atoms with Crippen molar-refractivity contribution in [1.29, 1.82) is 0 Å². The summed E-state index contributed by atoms with van der Waals surface area (Å²) in [5.74, 6) is 0.877. The van der Waals surface area contributed by atoms with Gasteiger partial charge in [0, 0.05) is 24.4 Å². The third-order valence-corrected chi connectivity index (χ3v) is 5.72. The molecule has 2 aromatic carbocycles. The number of halogens is 1. The molecule has 2 aromatic rings. The Balaban J connectivity index is 2.08. The minimum atomic E-state index is -0.478. The van der Waals surface area contributed by atoms with E-state index in [1.54, 1.807) is 23.7 Å². The van der Waals surface area contributed by atoms with Crippen LogP contribution in [0.3, 0.4) is 0 Å². The second-order valence-electron chi connectivity index (χ2n) is 6.67. The van der Waals surface area contributed by atoms with Gasteiger partial charge in [-0.2, -0.15) is 0 Å². The van der Waals surface area contributed by atoms with Gasteiger partial charge in [-0.25, -0.2) is 0 Å². The van der Waals surface area contributed by atoms with Crippen molar-refractivity contribution in [3.63, 3.8) is 0 Å². The molecule has 0 unspecified atom stereocenters. The van der Waals surface area contributed by atoms with Gasteiger partial charge in [0.15, 0.2) is 0 Å². The number of thioether (sulfide) groups is 1. The first-order valence-electron chi connectivity index (χ1n) is 9.33. The minimum absolute atomic E-state index is 0.0316. The quantitative estimate of drug-likeness (QED) is 0.655. The molecule has 2 amide bonds. The summed E-state index contributed by atoms with van der Waals surface area (Å²) < 4.78 is 0. The molecule has 0 aliphatic rings. The number of amides is 2. The zero-order chi connectivity index (χ0) is 20.5. The predicted molar refractivity (Wildman–Crippen MR) is 117 cm³/mol. The van der Waals surface area contributed by atoms with Gasteiger partial charge in [0.25, 0.3) is 0 Å². The summed E-state index contributed by atoms with van der Waals surface area (Å²) in [6, 6.07) is 15.2. The van der Waals surface area contributed by atoms with Crippen molar-refractivity contribution >= 4 is 35.2 Å². The van der Waals surface area contributed by atoms with Gasteiger partial charge in [-0.1, -0.05) is 60.5 Å². The van der Waals surface area contributed by atoms with Crippen LogP contribution >= 0.6 is 23.4 Å². The standard InChI is InChI=1S/C22H27ClN2O2S/c1-4-20(22(27)24-3)25(13-18-7-5-6-16(2)12-18)21(26)15-28-14-17-8-10-19(23)11-9-17/h5-12,20H,4,13-15H2,1-3H3,(H,24,27)/t20-/m0/s1. The highest BCUT2D eigenvalue weighted by Gasteiger charge is 2.27. The summed E-state index contributed by atoms with van der Waals surface area (Å²) in [6.07, 6.45) is 0.569. The van der Waals surface area contributed by atoms with E-state index in [2.05, 4.69) is 11.4 Å². The monoisotopic (exact) mass is 418 g/mol. The zero-order valence-corrected chi connectivity index (χ0v) is 18.1. The lowest BCUT2D eigenvalue weighted by atomic mass is 10.1. The third-order valence-electron chi connectivity index (χ3n) is 4.48. The Hall–Kier alpha value is -1.98. The molecular weight excluding hydrogens is 392 g/mol. The largest absolute Gasteiger partial charge is 0.357 e. The molecule has 0 aliphatic carbocycles. The van der Waals surface area contributed by atoms with E-state index >= 15 is 0 Å². The van der Waals surface area contributed by atoms with Crippen molar-refractivity contribution < 1.29 is 9.59 Å². The van der Waals surface area contributed by atoms with Gasteiger partial charge in [-0.05, 0) is 36.6 Å². The summed E-state index contributed by atoms with van der Waals surface area (Å²) in [5.41, 5.74) is 3.28. The van der Waals surface area contributed by atoms with Crippen molar-refractivity contribution in [2.75, 3.05) is 12.8 Å². The van der Waals surface area contributed by atoms with Crippen LogP contribution in [0.2, 0.25) is 5.02 Å². The highest BCUT2D eigenvalue weighted by Crippen LogP contribution is 2.19. The lowest BCUT2D eigenvalue weighted by Gasteiger charge is -2.30. The molecule has 0 spiro atoms. The number of rotatable bonds is 9. The van der Waals surface area contributed by atoms with E-state index in [1.807, 2.05) is 56.3 Å². The average Bonchev–Trinajstić information content (AvgIpc) is 2.69. The van der Waals surface area contributed by atoms with Gasteiger partial charge in [0.2, 0.25) is 11.8 Å². The van der Waals surface area contributed by atoms with Gasteiger partial charge in [-0.3, -0.25) is 9.59 Å². The van der Waals surface area contributed by atoms with Gasteiger partial charge < -0.3 is 10.2 Å². The Morgan fingerprint density at radius 3 is 2.46 bits per heavy atom. The highest BCUT2D eigenvalue weighted by molar-refractivity contribution is 7.99. The maximum atomic E-state index is 13.0. The molecule has 2 rings (SSSR count). The van der Waals surface area contributed by atoms with E-state index in [0.717, 1.165) is 22.4 Å². The van der Waals surface area contributed by atoms with Crippen LogP contribution in [0.5, 0.6) is 0 Å². The molecule has 1 N–H and O–H groups in total. The van der Waals surface area contributed by atoms with Crippen LogP contribution < -0.4 is 5.32 Å². The lowest BCUT2D eigenvalue weighted by Crippen LogP contribution is -2.48. The maximum absolute atomic E-state index is 13.0. The molecule has 1 atom stereocenters. The molecule has 28 heavy (non-hydrogen) atoms. The van der Waals surface area contributed by atoms with Crippen molar-refractivity contribution in [1.82, 2.24) is 10.2 Å². The van der Waals surface area contributed by atoms with Crippen LogP contribution in [0.1, 0.15) is 30.0 Å². The molecule has 0 bridgehead atoms. The number of carbonyl (C=O) groups excluding carboxylic acids is 2. The number of aryl methyl sites for hydroxylation is 1. The van der Waals surface area contributed by atoms with E-state index < -0.39 is 6.04 Å². The van der Waals surface area contributed by atoms with Crippen molar-refractivity contribution in [2.24, 2.45) is 0 Å². The summed E-state index contributed by atoms with van der Waals surface area (Å²) in [6.45, 7) is 4.37. The third kappa shape index (κ3) is 6.57. The molecule has 0 saturated heterocycles. The van der Waals surface area contributed by atoms with E-state index in [1.165, 1.54) is 0 Å². The molecule has 6 heteroatoms. The first kappa shape index (κ1) is 22.3. The van der Waals surface area contributed by atoms with E-state index in [9.17, 15) is 9.59 Å². The van der Waals surface area contributed by atoms with Gasteiger partial charge in [0.1, 0.15) is 6.04 Å². The zero-order valence-electron chi connectivity index (χ0n) is 16.6. The van der Waals surface area contributed by atoms with E-state index in [0.29, 0.717) is 23.7 Å². The summed E-state index contributed by atoms with van der Waals surface area (Å²) in [4.78, 5) is 27.0. The lowest BCUT2D eigenvalue weighted by molar-refractivity contribution is -0.139. The van der Waals surface area contributed by atoms with Crippen LogP contribution in [0.4, 0.5) is 0 Å². The molecule has 4 nitrogen and oxygen atoms in total. The SMILES string of the molecule is CC[C@@H](C(=O)NC)N(Cc1cccc(C)c1)C(=O)CSCc1ccc(Cl)cc1. The summed E-state index contributed by atoms with van der Waals surface area (Å²) >= 11 is 7.46. The molecule has 150 valence electrons. The number of nitrogens with zero attached hydrogens (tertiary/aromatic N) is 1. The first-order chi connectivity index (χ1) is 13.4.